The average molecular weight is 624 g/mol. The summed E-state index contributed by atoms with van der Waals surface area (Å²) in [5.41, 5.74) is 3.14. The van der Waals surface area contributed by atoms with Crippen molar-refractivity contribution >= 4 is 71.2 Å². The molecule has 0 radical (unpaired) electrons. The van der Waals surface area contributed by atoms with Crippen LogP contribution in [0.15, 0.2) is 48.8 Å². The van der Waals surface area contributed by atoms with Crippen LogP contribution in [0.2, 0.25) is 5.28 Å². The maximum absolute atomic E-state index is 12.1. The SMILES string of the molecule is O=P(O)(O)CP(=O)(O)NCC1OC(n2cnc3c(Nc4ccc5[nH]c6ccccc6c5c4)nc(Cl)nc32)C(O)C1O. The predicted molar refractivity (Wildman–Crippen MR) is 150 cm³/mol. The van der Waals surface area contributed by atoms with E-state index in [0.717, 1.165) is 21.8 Å². The maximum atomic E-state index is 12.1. The average Bonchev–Trinajstić information content (AvgIpc) is 3.55. The lowest BCUT2D eigenvalue weighted by Gasteiger charge is -2.19. The molecule has 4 heterocycles. The molecule has 0 aliphatic carbocycles. The van der Waals surface area contributed by atoms with E-state index in [4.69, 9.17) is 26.1 Å². The van der Waals surface area contributed by atoms with Crippen LogP contribution in [0.25, 0.3) is 33.0 Å². The van der Waals surface area contributed by atoms with Gasteiger partial charge in [-0.05, 0) is 35.9 Å². The molecule has 3 aromatic heterocycles. The van der Waals surface area contributed by atoms with Gasteiger partial charge in [0, 0.05) is 34.0 Å². The molecule has 5 unspecified atom stereocenters. The van der Waals surface area contributed by atoms with Crippen molar-refractivity contribution in [2.24, 2.45) is 0 Å². The Morgan fingerprint density at radius 2 is 1.78 bits per heavy atom. The number of hydrogen-bond donors (Lipinski definition) is 8. The Labute approximate surface area is 235 Å². The lowest BCUT2D eigenvalue weighted by molar-refractivity contribution is -0.0331. The molecule has 6 rings (SSSR count). The van der Waals surface area contributed by atoms with Crippen molar-refractivity contribution in [3.05, 3.63) is 54.1 Å². The number of halogens is 1. The summed E-state index contributed by atoms with van der Waals surface area (Å²) in [6.45, 7) is -0.478. The van der Waals surface area contributed by atoms with Crippen molar-refractivity contribution in [2.75, 3.05) is 17.8 Å². The number of aromatic nitrogens is 5. The second-order valence-corrected chi connectivity index (χ2v) is 14.2. The van der Waals surface area contributed by atoms with E-state index in [1.807, 2.05) is 42.5 Å². The molecule has 5 atom stereocenters. The molecule has 1 saturated heterocycles. The number of aromatic amines is 1. The summed E-state index contributed by atoms with van der Waals surface area (Å²) in [5.74, 6) is -1.01. The van der Waals surface area contributed by atoms with E-state index in [-0.39, 0.29) is 16.7 Å². The first kappa shape index (κ1) is 28.2. The number of hydrogen-bond acceptors (Lipinski definition) is 9. The van der Waals surface area contributed by atoms with E-state index in [9.17, 15) is 24.2 Å². The van der Waals surface area contributed by atoms with Gasteiger partial charge in [-0.25, -0.2) is 10.1 Å². The summed E-state index contributed by atoms with van der Waals surface area (Å²) in [4.78, 5) is 44.1. The first-order chi connectivity index (χ1) is 19.4. The van der Waals surface area contributed by atoms with Crippen LogP contribution in [0.1, 0.15) is 6.23 Å². The minimum atomic E-state index is -4.78. The number of nitrogens with one attached hydrogen (secondary N) is 3. The van der Waals surface area contributed by atoms with Crippen LogP contribution >= 0.6 is 26.7 Å². The third-order valence-corrected chi connectivity index (χ3v) is 10.5. The van der Waals surface area contributed by atoms with E-state index in [2.05, 4.69) is 30.3 Å². The van der Waals surface area contributed by atoms with Crippen LogP contribution in [-0.2, 0) is 13.9 Å². The molecule has 1 fully saturated rings. The highest BCUT2D eigenvalue weighted by Crippen LogP contribution is 2.52. The quantitative estimate of drug-likeness (QED) is 0.0918. The lowest BCUT2D eigenvalue weighted by atomic mass is 10.1. The van der Waals surface area contributed by atoms with Crippen molar-refractivity contribution in [3.63, 3.8) is 0 Å². The number of nitrogens with zero attached hydrogens (tertiary/aromatic N) is 4. The van der Waals surface area contributed by atoms with E-state index < -0.39 is 52.1 Å². The lowest BCUT2D eigenvalue weighted by Crippen LogP contribution is -2.37. The number of aliphatic hydroxyl groups is 2. The topological polar surface area (TPSA) is 228 Å². The molecule has 0 amide bonds. The minimum absolute atomic E-state index is 0.125. The Morgan fingerprint density at radius 1 is 1.02 bits per heavy atom. The second kappa shape index (κ2) is 10.4. The fourth-order valence-electron chi connectivity index (χ4n) is 4.89. The molecule has 1 aliphatic heterocycles. The van der Waals surface area contributed by atoms with Crippen molar-refractivity contribution in [3.8, 4) is 0 Å². The van der Waals surface area contributed by atoms with E-state index in [1.165, 1.54) is 10.9 Å². The largest absolute Gasteiger partial charge is 0.387 e. The number of ether oxygens (including phenoxy) is 1. The van der Waals surface area contributed by atoms with E-state index in [1.54, 1.807) is 0 Å². The maximum Gasteiger partial charge on any atom is 0.336 e. The van der Waals surface area contributed by atoms with Gasteiger partial charge in [-0.15, -0.1) is 0 Å². The Hall–Kier alpha value is -2.94. The van der Waals surface area contributed by atoms with Gasteiger partial charge in [0.25, 0.3) is 7.52 Å². The fourth-order valence-corrected chi connectivity index (χ4v) is 7.91. The monoisotopic (exact) mass is 623 g/mol. The van der Waals surface area contributed by atoms with Crippen LogP contribution < -0.4 is 10.4 Å². The molecule has 41 heavy (non-hydrogen) atoms. The Morgan fingerprint density at radius 3 is 2.56 bits per heavy atom. The first-order valence-corrected chi connectivity index (χ1v) is 16.2. The molecule has 0 spiro atoms. The fraction of sp³-hybridized carbons (Fsp3) is 0.261. The van der Waals surface area contributed by atoms with Gasteiger partial charge in [0.1, 0.15) is 24.2 Å². The van der Waals surface area contributed by atoms with Gasteiger partial charge < -0.3 is 39.9 Å². The third-order valence-electron chi connectivity index (χ3n) is 6.69. The van der Waals surface area contributed by atoms with Crippen LogP contribution in [0, 0.1) is 0 Å². The normalized spacial score (nSPS) is 23.0. The van der Waals surface area contributed by atoms with Gasteiger partial charge in [-0.2, -0.15) is 9.97 Å². The van der Waals surface area contributed by atoms with Crippen LogP contribution in [0.4, 0.5) is 11.5 Å². The summed E-state index contributed by atoms with van der Waals surface area (Å²) in [5, 5.41) is 28.5. The minimum Gasteiger partial charge on any atom is -0.387 e. The van der Waals surface area contributed by atoms with Gasteiger partial charge in [0.2, 0.25) is 5.28 Å². The highest BCUT2D eigenvalue weighted by atomic mass is 35.5. The highest BCUT2D eigenvalue weighted by Gasteiger charge is 2.45. The predicted octanol–water partition coefficient (Wildman–Crippen LogP) is 2.39. The van der Waals surface area contributed by atoms with E-state index >= 15 is 0 Å². The standard InChI is InChI=1S/C23H24ClN7O8P2/c24-23-29-20(27-11-5-6-15-13(7-11)12-3-1-2-4-14(12)28-15)17-21(30-23)31(9-25-17)22-19(33)18(32)16(39-22)8-26-40(34,35)10-41(36,37)38/h1-7,9,16,18-19,22,28,32-33H,8,10H2,(H2,26,34,35)(H,27,29,30)(H2,36,37,38). The number of para-hydroxylation sites is 1. The molecule has 15 nitrogen and oxygen atoms in total. The summed E-state index contributed by atoms with van der Waals surface area (Å²) in [6.07, 6.45) is -4.12. The molecular weight excluding hydrogens is 600 g/mol. The molecule has 0 bridgehead atoms. The van der Waals surface area contributed by atoms with Crippen molar-refractivity contribution in [1.82, 2.24) is 29.6 Å². The zero-order chi connectivity index (χ0) is 29.1. The van der Waals surface area contributed by atoms with Gasteiger partial charge in [0.15, 0.2) is 23.2 Å². The number of benzene rings is 2. The molecule has 1 aliphatic rings. The van der Waals surface area contributed by atoms with Crippen LogP contribution in [0.5, 0.6) is 0 Å². The Bertz CT molecular complexity index is 1880. The number of rotatable bonds is 8. The Balaban J connectivity index is 1.26. The van der Waals surface area contributed by atoms with Gasteiger partial charge in [-0.3, -0.25) is 13.7 Å². The number of H-pyrrole nitrogens is 1. The molecule has 5 aromatic rings. The van der Waals surface area contributed by atoms with Crippen LogP contribution in [0.3, 0.4) is 0 Å². The van der Waals surface area contributed by atoms with Gasteiger partial charge in [0.05, 0.1) is 6.33 Å². The number of imidazole rings is 1. The number of aliphatic hydroxyl groups excluding tert-OH is 2. The highest BCUT2D eigenvalue weighted by molar-refractivity contribution is 7.71. The summed E-state index contributed by atoms with van der Waals surface area (Å²) in [7, 11) is -9.24. The molecular formula is C23H24ClN7O8P2. The van der Waals surface area contributed by atoms with Gasteiger partial charge in [-0.1, -0.05) is 18.2 Å². The van der Waals surface area contributed by atoms with Crippen LogP contribution in [-0.4, -0.2) is 80.2 Å². The molecule has 8 N–H and O–H groups in total. The number of anilines is 2. The summed E-state index contributed by atoms with van der Waals surface area (Å²) < 4.78 is 30.3. The summed E-state index contributed by atoms with van der Waals surface area (Å²) >= 11 is 6.23. The van der Waals surface area contributed by atoms with Crippen molar-refractivity contribution in [1.29, 1.82) is 0 Å². The third kappa shape index (κ3) is 5.62. The smallest absolute Gasteiger partial charge is 0.336 e. The zero-order valence-electron chi connectivity index (χ0n) is 20.9. The molecule has 18 heteroatoms. The summed E-state index contributed by atoms with van der Waals surface area (Å²) in [6, 6.07) is 13.7. The number of fused-ring (bicyclic) bond motifs is 4. The van der Waals surface area contributed by atoms with E-state index in [0.29, 0.717) is 11.2 Å². The van der Waals surface area contributed by atoms with Crippen molar-refractivity contribution < 1.29 is 38.8 Å². The van der Waals surface area contributed by atoms with Crippen molar-refractivity contribution in [2.45, 2.75) is 24.5 Å². The van der Waals surface area contributed by atoms with Gasteiger partial charge >= 0.3 is 7.60 Å². The second-order valence-electron chi connectivity index (χ2n) is 9.64. The molecule has 0 saturated carbocycles. The Kier molecular flexibility index (Phi) is 7.15. The molecule has 2 aromatic carbocycles. The zero-order valence-corrected chi connectivity index (χ0v) is 23.4. The molecule has 216 valence electrons. The first-order valence-electron chi connectivity index (χ1n) is 12.2.